The van der Waals surface area contributed by atoms with Gasteiger partial charge < -0.3 is 0 Å². The summed E-state index contributed by atoms with van der Waals surface area (Å²) < 4.78 is 27.0. The molecule has 0 bridgehead atoms. The van der Waals surface area contributed by atoms with E-state index in [9.17, 15) is 8.42 Å². The van der Waals surface area contributed by atoms with E-state index in [1.54, 1.807) is 0 Å². The number of H-pyrrole nitrogens is 1. The van der Waals surface area contributed by atoms with Gasteiger partial charge in [-0.1, -0.05) is 129 Å². The molecular weight excluding hydrogens is 480 g/mol. The summed E-state index contributed by atoms with van der Waals surface area (Å²) in [6.07, 6.45) is 20.5. The summed E-state index contributed by atoms with van der Waals surface area (Å²) in [7, 11) is -3.18. The summed E-state index contributed by atoms with van der Waals surface area (Å²) in [5, 5.41) is 7.98. The minimum Gasteiger partial charge on any atom is -0.279 e. The van der Waals surface area contributed by atoms with Gasteiger partial charge in [-0.15, -0.1) is 5.10 Å². The second kappa shape index (κ2) is 15.2. The van der Waals surface area contributed by atoms with E-state index in [-0.39, 0.29) is 11.5 Å². The first kappa shape index (κ1) is 30.1. The molecule has 0 saturated heterocycles. The number of nitrogens with zero attached hydrogens (tertiary/aromatic N) is 3. The Morgan fingerprint density at radius 3 is 1.74 bits per heavy atom. The first-order valence-electron chi connectivity index (χ1n) is 14.0. The van der Waals surface area contributed by atoms with Crippen LogP contribution in [-0.2, 0) is 15.3 Å². The minimum absolute atomic E-state index is 0.0442. The molecule has 0 fully saturated rings. The average Bonchev–Trinajstić information content (AvgIpc) is 3.32. The fourth-order valence-corrected chi connectivity index (χ4v) is 6.93. The Morgan fingerprint density at radius 2 is 1.29 bits per heavy atom. The van der Waals surface area contributed by atoms with Crippen molar-refractivity contribution >= 4 is 27.1 Å². The molecule has 2 aromatic rings. The Morgan fingerprint density at radius 1 is 0.829 bits per heavy atom. The van der Waals surface area contributed by atoms with Gasteiger partial charge in [0.05, 0.1) is 17.2 Å². The van der Waals surface area contributed by atoms with Crippen LogP contribution in [0.5, 0.6) is 0 Å². The molecule has 0 radical (unpaired) electrons. The molecule has 0 aliphatic heterocycles. The largest absolute Gasteiger partial charge is 0.279 e. The number of halogens is 1. The van der Waals surface area contributed by atoms with Crippen LogP contribution in [0.2, 0.25) is 5.02 Å². The molecule has 202 valence electrons. The number of nitrogens with one attached hydrogen (secondary N) is 1. The Hall–Kier alpha value is -1.08. The maximum absolute atomic E-state index is 12.7. The van der Waals surface area contributed by atoms with Crippen LogP contribution in [0.1, 0.15) is 135 Å². The molecule has 0 saturated carbocycles. The third-order valence-electron chi connectivity index (χ3n) is 6.90. The predicted octanol–water partition coefficient (Wildman–Crippen LogP) is 7.97. The number of aromatic nitrogens is 4. The predicted molar refractivity (Wildman–Crippen MR) is 148 cm³/mol. The third kappa shape index (κ3) is 10.8. The van der Waals surface area contributed by atoms with Gasteiger partial charge in [0.25, 0.3) is 0 Å². The van der Waals surface area contributed by atoms with Gasteiger partial charge >= 0.3 is 0 Å². The molecule has 8 heteroatoms. The highest BCUT2D eigenvalue weighted by Gasteiger charge is 2.32. The normalized spacial score (nSPS) is 12.7. The van der Waals surface area contributed by atoms with E-state index in [0.717, 1.165) is 25.0 Å². The molecule has 0 unspecified atom stereocenters. The van der Waals surface area contributed by atoms with Gasteiger partial charge in [0.2, 0.25) is 0 Å². The minimum atomic E-state index is -3.18. The molecule has 2 heterocycles. The molecule has 0 atom stereocenters. The molecule has 1 N–H and O–H groups in total. The van der Waals surface area contributed by atoms with Crippen LogP contribution in [0.25, 0.3) is 5.65 Å². The molecule has 35 heavy (non-hydrogen) atoms. The maximum atomic E-state index is 12.7. The average molecular weight is 529 g/mol. The van der Waals surface area contributed by atoms with E-state index in [2.05, 4.69) is 22.1 Å². The highest BCUT2D eigenvalue weighted by Crippen LogP contribution is 2.26. The monoisotopic (exact) mass is 528 g/mol. The fraction of sp³-hybridized carbons (Fsp3) is 0.852. The lowest BCUT2D eigenvalue weighted by atomic mass is 9.96. The van der Waals surface area contributed by atoms with E-state index >= 15 is 0 Å². The summed E-state index contributed by atoms with van der Waals surface area (Å²) in [4.78, 5) is 4.49. The molecule has 2 aromatic heterocycles. The number of rotatable bonds is 20. The van der Waals surface area contributed by atoms with Crippen molar-refractivity contribution < 1.29 is 8.42 Å². The number of aryl methyl sites for hydroxylation is 1. The lowest BCUT2D eigenvalue weighted by molar-refractivity contribution is 0.516. The smallest absolute Gasteiger partial charge is 0.194 e. The molecule has 0 aliphatic carbocycles. The summed E-state index contributed by atoms with van der Waals surface area (Å²) in [6, 6.07) is 0. The SMILES string of the molecule is CCCCCCCCCCCCCCCCCCS(=O)(=O)CC(C)(C)c1nc2c(Cl)c(C)[nH]n2n1. The van der Waals surface area contributed by atoms with Crippen molar-refractivity contribution in [2.45, 2.75) is 136 Å². The van der Waals surface area contributed by atoms with Gasteiger partial charge in [-0.2, -0.15) is 4.63 Å². The highest BCUT2D eigenvalue weighted by molar-refractivity contribution is 7.91. The number of fused-ring (bicyclic) bond motifs is 1. The van der Waals surface area contributed by atoms with Gasteiger partial charge in [-0.3, -0.25) is 5.10 Å². The lowest BCUT2D eigenvalue weighted by Crippen LogP contribution is -2.31. The van der Waals surface area contributed by atoms with Gasteiger partial charge in [0.1, 0.15) is 5.02 Å². The number of hydrogen-bond acceptors (Lipinski definition) is 4. The maximum Gasteiger partial charge on any atom is 0.194 e. The molecule has 0 amide bonds. The van der Waals surface area contributed by atoms with Gasteiger partial charge in [-0.05, 0) is 13.3 Å². The first-order chi connectivity index (χ1) is 16.7. The molecular formula is C27H49ClN4O2S. The Balaban J connectivity index is 1.52. The van der Waals surface area contributed by atoms with Crippen LogP contribution in [-0.4, -0.2) is 39.7 Å². The second-order valence-electron chi connectivity index (χ2n) is 11.0. The number of sulfone groups is 1. The van der Waals surface area contributed by atoms with E-state index < -0.39 is 15.3 Å². The summed E-state index contributed by atoms with van der Waals surface area (Å²) in [5.41, 5.74) is 0.669. The van der Waals surface area contributed by atoms with E-state index in [4.69, 9.17) is 11.6 Å². The molecule has 2 rings (SSSR count). The second-order valence-corrected chi connectivity index (χ2v) is 13.6. The molecule has 0 aromatic carbocycles. The summed E-state index contributed by atoms with van der Waals surface area (Å²) >= 11 is 6.25. The van der Waals surface area contributed by atoms with Crippen LogP contribution < -0.4 is 0 Å². The quantitative estimate of drug-likeness (QED) is 0.177. The van der Waals surface area contributed by atoms with Crippen molar-refractivity contribution in [2.24, 2.45) is 0 Å². The van der Waals surface area contributed by atoms with Crippen LogP contribution in [0.4, 0.5) is 0 Å². The highest BCUT2D eigenvalue weighted by atomic mass is 35.5. The zero-order valence-electron chi connectivity index (χ0n) is 22.7. The molecule has 0 aliphatic rings. The van der Waals surface area contributed by atoms with Gasteiger partial charge in [-0.25, -0.2) is 13.4 Å². The van der Waals surface area contributed by atoms with Crippen molar-refractivity contribution in [3.05, 3.63) is 16.5 Å². The zero-order valence-corrected chi connectivity index (χ0v) is 24.2. The van der Waals surface area contributed by atoms with Crippen molar-refractivity contribution in [1.29, 1.82) is 0 Å². The molecule has 0 spiro atoms. The van der Waals surface area contributed by atoms with Crippen LogP contribution >= 0.6 is 11.6 Å². The zero-order chi connectivity index (χ0) is 25.7. The van der Waals surface area contributed by atoms with Crippen LogP contribution in [0.3, 0.4) is 0 Å². The van der Waals surface area contributed by atoms with Gasteiger partial charge in [0.15, 0.2) is 21.3 Å². The van der Waals surface area contributed by atoms with Crippen molar-refractivity contribution in [3.8, 4) is 0 Å². The number of hydrogen-bond donors (Lipinski definition) is 1. The van der Waals surface area contributed by atoms with Gasteiger partial charge in [0, 0.05) is 5.41 Å². The van der Waals surface area contributed by atoms with Crippen LogP contribution in [0.15, 0.2) is 0 Å². The summed E-state index contributed by atoms with van der Waals surface area (Å²) in [6.45, 7) is 7.89. The number of aromatic amines is 1. The lowest BCUT2D eigenvalue weighted by Gasteiger charge is -2.20. The standard InChI is InChI=1S/C27H49ClN4O2S/c1-5-6-7-8-9-10-11-12-13-14-15-16-17-18-19-20-21-35(33,34)22-27(3,4)26-29-25-24(28)23(2)30-32(25)31-26/h30H,5-22H2,1-4H3. The van der Waals surface area contributed by atoms with Crippen molar-refractivity contribution in [3.63, 3.8) is 0 Å². The van der Waals surface area contributed by atoms with Crippen molar-refractivity contribution in [1.82, 2.24) is 19.8 Å². The Kier molecular flexibility index (Phi) is 13.1. The van der Waals surface area contributed by atoms with E-state index in [0.29, 0.717) is 16.5 Å². The van der Waals surface area contributed by atoms with E-state index in [1.807, 2.05) is 20.8 Å². The molecule has 6 nitrogen and oxygen atoms in total. The van der Waals surface area contributed by atoms with E-state index in [1.165, 1.54) is 88.1 Å². The van der Waals surface area contributed by atoms with Crippen LogP contribution in [0, 0.1) is 6.92 Å². The van der Waals surface area contributed by atoms with Crippen molar-refractivity contribution in [2.75, 3.05) is 11.5 Å². The summed E-state index contributed by atoms with van der Waals surface area (Å²) in [5.74, 6) is 0.782. The topological polar surface area (TPSA) is 80.1 Å². The Bertz CT molecular complexity index is 965. The third-order valence-corrected chi connectivity index (χ3v) is 9.43. The number of unbranched alkanes of at least 4 members (excludes halogenated alkanes) is 15. The first-order valence-corrected chi connectivity index (χ1v) is 16.2. The fourth-order valence-electron chi connectivity index (χ4n) is 4.75. The Labute approximate surface area is 218 Å².